The van der Waals surface area contributed by atoms with E-state index in [1.165, 1.54) is 5.56 Å². The summed E-state index contributed by atoms with van der Waals surface area (Å²) in [6.07, 6.45) is 0.984. The van der Waals surface area contributed by atoms with E-state index in [0.717, 1.165) is 13.0 Å². The van der Waals surface area contributed by atoms with Gasteiger partial charge in [0.1, 0.15) is 0 Å². The predicted octanol–water partition coefficient (Wildman–Crippen LogP) is 2.75. The predicted molar refractivity (Wildman–Crippen MR) is 68.3 cm³/mol. The SMILES string of the molecule is CCC(C)(CO)CN[C@@H](C)c1ccccc1. The minimum atomic E-state index is -0.0109. The molecule has 90 valence electrons. The highest BCUT2D eigenvalue weighted by Crippen LogP contribution is 2.20. The van der Waals surface area contributed by atoms with Crippen LogP contribution in [0.4, 0.5) is 0 Å². The van der Waals surface area contributed by atoms with Gasteiger partial charge in [0.15, 0.2) is 0 Å². The molecule has 0 saturated heterocycles. The van der Waals surface area contributed by atoms with E-state index in [0.29, 0.717) is 6.04 Å². The zero-order valence-corrected chi connectivity index (χ0v) is 10.5. The van der Waals surface area contributed by atoms with Crippen LogP contribution in [0.2, 0.25) is 0 Å². The maximum absolute atomic E-state index is 9.33. The van der Waals surface area contributed by atoms with Crippen LogP contribution in [0.1, 0.15) is 38.8 Å². The van der Waals surface area contributed by atoms with E-state index in [-0.39, 0.29) is 12.0 Å². The van der Waals surface area contributed by atoms with Crippen molar-refractivity contribution in [2.24, 2.45) is 5.41 Å². The minimum Gasteiger partial charge on any atom is -0.396 e. The van der Waals surface area contributed by atoms with Gasteiger partial charge in [0.2, 0.25) is 0 Å². The Bertz CT molecular complexity index is 293. The minimum absolute atomic E-state index is 0.0109. The van der Waals surface area contributed by atoms with Gasteiger partial charge in [-0.25, -0.2) is 0 Å². The second kappa shape index (κ2) is 6.02. The van der Waals surface area contributed by atoms with Gasteiger partial charge in [0.25, 0.3) is 0 Å². The lowest BCUT2D eigenvalue weighted by Gasteiger charge is -2.28. The number of benzene rings is 1. The van der Waals surface area contributed by atoms with Crippen molar-refractivity contribution in [2.75, 3.05) is 13.2 Å². The molecule has 0 bridgehead atoms. The Balaban J connectivity index is 2.50. The van der Waals surface area contributed by atoms with Gasteiger partial charge in [-0.2, -0.15) is 0 Å². The lowest BCUT2D eigenvalue weighted by molar-refractivity contribution is 0.132. The van der Waals surface area contributed by atoms with Crippen molar-refractivity contribution in [1.82, 2.24) is 5.32 Å². The Morgan fingerprint density at radius 3 is 2.44 bits per heavy atom. The number of nitrogens with one attached hydrogen (secondary N) is 1. The maximum atomic E-state index is 9.33. The molecule has 1 rings (SSSR count). The third kappa shape index (κ3) is 3.62. The fraction of sp³-hybridized carbons (Fsp3) is 0.571. The van der Waals surface area contributed by atoms with Crippen LogP contribution in [0.25, 0.3) is 0 Å². The van der Waals surface area contributed by atoms with Gasteiger partial charge >= 0.3 is 0 Å². The quantitative estimate of drug-likeness (QED) is 0.774. The molecular weight excluding hydrogens is 198 g/mol. The third-order valence-corrected chi connectivity index (χ3v) is 3.37. The summed E-state index contributed by atoms with van der Waals surface area (Å²) in [5.41, 5.74) is 1.28. The number of hydrogen-bond donors (Lipinski definition) is 2. The molecule has 1 aromatic carbocycles. The first-order valence-electron chi connectivity index (χ1n) is 6.00. The van der Waals surface area contributed by atoms with Crippen molar-refractivity contribution in [3.8, 4) is 0 Å². The number of aliphatic hydroxyl groups excluding tert-OH is 1. The molecule has 0 radical (unpaired) electrons. The molecule has 0 aliphatic heterocycles. The van der Waals surface area contributed by atoms with Gasteiger partial charge in [-0.3, -0.25) is 0 Å². The fourth-order valence-corrected chi connectivity index (χ4v) is 1.55. The Labute approximate surface area is 98.7 Å². The van der Waals surface area contributed by atoms with E-state index in [1.807, 2.05) is 6.07 Å². The van der Waals surface area contributed by atoms with Crippen LogP contribution in [0.15, 0.2) is 30.3 Å². The zero-order valence-electron chi connectivity index (χ0n) is 10.5. The molecule has 2 atom stereocenters. The third-order valence-electron chi connectivity index (χ3n) is 3.37. The molecule has 0 fully saturated rings. The van der Waals surface area contributed by atoms with E-state index in [2.05, 4.69) is 50.4 Å². The van der Waals surface area contributed by atoms with Crippen LogP contribution in [0.3, 0.4) is 0 Å². The van der Waals surface area contributed by atoms with E-state index in [9.17, 15) is 5.11 Å². The smallest absolute Gasteiger partial charge is 0.0496 e. The molecule has 0 spiro atoms. The van der Waals surface area contributed by atoms with Crippen molar-refractivity contribution in [3.05, 3.63) is 35.9 Å². The molecule has 2 heteroatoms. The summed E-state index contributed by atoms with van der Waals surface area (Å²) < 4.78 is 0. The molecule has 16 heavy (non-hydrogen) atoms. The van der Waals surface area contributed by atoms with Crippen molar-refractivity contribution in [2.45, 2.75) is 33.2 Å². The highest BCUT2D eigenvalue weighted by atomic mass is 16.3. The van der Waals surface area contributed by atoms with Gasteiger partial charge in [-0.05, 0) is 18.9 Å². The molecule has 0 aliphatic carbocycles. The molecule has 0 amide bonds. The Morgan fingerprint density at radius 2 is 1.94 bits per heavy atom. The van der Waals surface area contributed by atoms with Crippen LogP contribution < -0.4 is 5.32 Å². The van der Waals surface area contributed by atoms with Crippen molar-refractivity contribution >= 4 is 0 Å². The Morgan fingerprint density at radius 1 is 1.31 bits per heavy atom. The first-order valence-corrected chi connectivity index (χ1v) is 6.00. The monoisotopic (exact) mass is 221 g/mol. The largest absolute Gasteiger partial charge is 0.396 e. The second-order valence-corrected chi connectivity index (χ2v) is 4.84. The van der Waals surface area contributed by atoms with Crippen molar-refractivity contribution < 1.29 is 5.11 Å². The van der Waals surface area contributed by atoms with Gasteiger partial charge in [0.05, 0.1) is 0 Å². The average Bonchev–Trinajstić information content (AvgIpc) is 2.36. The lowest BCUT2D eigenvalue weighted by atomic mass is 9.88. The number of rotatable bonds is 6. The zero-order chi connectivity index (χ0) is 12.0. The summed E-state index contributed by atoms with van der Waals surface area (Å²) in [6.45, 7) is 7.46. The molecule has 0 saturated carbocycles. The van der Waals surface area contributed by atoms with Crippen LogP contribution in [0.5, 0.6) is 0 Å². The highest BCUT2D eigenvalue weighted by Gasteiger charge is 2.21. The van der Waals surface area contributed by atoms with Crippen LogP contribution in [-0.2, 0) is 0 Å². The summed E-state index contributed by atoms with van der Waals surface area (Å²) in [5, 5.41) is 12.8. The molecule has 2 N–H and O–H groups in total. The van der Waals surface area contributed by atoms with Crippen LogP contribution >= 0.6 is 0 Å². The fourth-order valence-electron chi connectivity index (χ4n) is 1.55. The van der Waals surface area contributed by atoms with Gasteiger partial charge in [-0.15, -0.1) is 0 Å². The first kappa shape index (κ1) is 13.2. The Hall–Kier alpha value is -0.860. The summed E-state index contributed by atoms with van der Waals surface area (Å²) in [4.78, 5) is 0. The topological polar surface area (TPSA) is 32.3 Å². The van der Waals surface area contributed by atoms with E-state index >= 15 is 0 Å². The lowest BCUT2D eigenvalue weighted by Crippen LogP contribution is -2.35. The number of aliphatic hydroxyl groups is 1. The van der Waals surface area contributed by atoms with E-state index in [4.69, 9.17) is 0 Å². The molecule has 1 unspecified atom stereocenters. The van der Waals surface area contributed by atoms with Crippen molar-refractivity contribution in [3.63, 3.8) is 0 Å². The van der Waals surface area contributed by atoms with E-state index in [1.54, 1.807) is 0 Å². The van der Waals surface area contributed by atoms with Gasteiger partial charge in [-0.1, -0.05) is 44.2 Å². The summed E-state index contributed by atoms with van der Waals surface area (Å²) in [6, 6.07) is 10.7. The molecule has 2 nitrogen and oxygen atoms in total. The molecular formula is C14H23NO. The van der Waals surface area contributed by atoms with Crippen molar-refractivity contribution in [1.29, 1.82) is 0 Å². The van der Waals surface area contributed by atoms with Crippen LogP contribution in [-0.4, -0.2) is 18.3 Å². The Kier molecular flexibility index (Phi) is 4.97. The average molecular weight is 221 g/mol. The van der Waals surface area contributed by atoms with E-state index < -0.39 is 0 Å². The number of hydrogen-bond acceptors (Lipinski definition) is 2. The summed E-state index contributed by atoms with van der Waals surface area (Å²) >= 11 is 0. The standard InChI is InChI=1S/C14H23NO/c1-4-14(3,11-16)10-15-12(2)13-8-6-5-7-9-13/h5-9,12,15-16H,4,10-11H2,1-3H3/t12-,14?/m0/s1. The van der Waals surface area contributed by atoms with Gasteiger partial charge in [0, 0.05) is 24.6 Å². The maximum Gasteiger partial charge on any atom is 0.0496 e. The highest BCUT2D eigenvalue weighted by molar-refractivity contribution is 5.18. The normalized spacial score (nSPS) is 16.8. The van der Waals surface area contributed by atoms with Crippen LogP contribution in [0, 0.1) is 5.41 Å². The molecule has 0 aromatic heterocycles. The summed E-state index contributed by atoms with van der Waals surface area (Å²) in [5.74, 6) is 0. The first-order chi connectivity index (χ1) is 7.61. The molecule has 0 aliphatic rings. The van der Waals surface area contributed by atoms with Gasteiger partial charge < -0.3 is 10.4 Å². The second-order valence-electron chi connectivity index (χ2n) is 4.84. The molecule has 0 heterocycles. The molecule has 1 aromatic rings. The summed E-state index contributed by atoms with van der Waals surface area (Å²) in [7, 11) is 0.